The van der Waals surface area contributed by atoms with E-state index in [0.29, 0.717) is 12.3 Å². The zero-order valence-electron chi connectivity index (χ0n) is 6.10. The minimum absolute atomic E-state index is 0.510. The number of pyridine rings is 1. The van der Waals surface area contributed by atoms with E-state index in [1.54, 1.807) is 0 Å². The van der Waals surface area contributed by atoms with Crippen LogP contribution in [0.1, 0.15) is 0 Å². The van der Waals surface area contributed by atoms with E-state index in [1.165, 1.54) is 0 Å². The van der Waals surface area contributed by atoms with Gasteiger partial charge in [0.1, 0.15) is 5.82 Å². The lowest BCUT2D eigenvalue weighted by Crippen LogP contribution is -2.18. The number of anilines is 1. The summed E-state index contributed by atoms with van der Waals surface area (Å²) in [7, 11) is 0. The van der Waals surface area contributed by atoms with E-state index in [0.717, 1.165) is 0 Å². The van der Waals surface area contributed by atoms with E-state index in [1.807, 2.05) is 0 Å². The second-order valence-corrected chi connectivity index (χ2v) is 2.08. The number of alkyl halides is 3. The molecule has 0 aliphatic carbocycles. The highest BCUT2D eigenvalue weighted by Crippen LogP contribution is 2.26. The van der Waals surface area contributed by atoms with Crippen LogP contribution in [0.15, 0.2) is 12.3 Å². The van der Waals surface area contributed by atoms with Gasteiger partial charge >= 0.3 is 6.36 Å². The summed E-state index contributed by atoms with van der Waals surface area (Å²) < 4.78 is 50.6. The number of nitrogen functional groups attached to an aromatic ring is 1. The molecule has 1 aromatic heterocycles. The summed E-state index contributed by atoms with van der Waals surface area (Å²) in [4.78, 5) is 3.14. The SMILES string of the molecule is Nc1ncc(F)cc1OC(F)(F)F. The molecule has 0 saturated carbocycles. The van der Waals surface area contributed by atoms with E-state index in [9.17, 15) is 17.6 Å². The molecule has 0 spiro atoms. The first kappa shape index (κ1) is 9.56. The van der Waals surface area contributed by atoms with E-state index in [-0.39, 0.29) is 0 Å². The number of nitrogens with zero attached hydrogens (tertiary/aromatic N) is 1. The van der Waals surface area contributed by atoms with Crippen LogP contribution in [-0.4, -0.2) is 11.3 Å². The molecule has 1 rings (SSSR count). The van der Waals surface area contributed by atoms with Gasteiger partial charge in [-0.05, 0) is 0 Å². The zero-order valence-corrected chi connectivity index (χ0v) is 6.10. The maximum absolute atomic E-state index is 12.4. The molecule has 0 aliphatic rings. The van der Waals surface area contributed by atoms with Crippen LogP contribution in [0.5, 0.6) is 5.75 Å². The fourth-order valence-corrected chi connectivity index (χ4v) is 0.638. The average molecular weight is 196 g/mol. The third-order valence-electron chi connectivity index (χ3n) is 1.07. The Kier molecular flexibility index (Phi) is 2.26. The number of nitrogens with two attached hydrogens (primary N) is 1. The van der Waals surface area contributed by atoms with Crippen molar-refractivity contribution in [2.75, 3.05) is 5.73 Å². The van der Waals surface area contributed by atoms with Crippen molar-refractivity contribution in [2.45, 2.75) is 6.36 Å². The first-order valence-electron chi connectivity index (χ1n) is 3.05. The molecule has 0 aromatic carbocycles. The van der Waals surface area contributed by atoms with Gasteiger partial charge in [-0.15, -0.1) is 13.2 Å². The number of hydrogen-bond acceptors (Lipinski definition) is 3. The third-order valence-corrected chi connectivity index (χ3v) is 1.07. The summed E-state index contributed by atoms with van der Waals surface area (Å²) in [6, 6.07) is 0.510. The van der Waals surface area contributed by atoms with E-state index in [2.05, 4.69) is 9.72 Å². The Hall–Kier alpha value is -1.53. The number of rotatable bonds is 1. The number of ether oxygens (including phenoxy) is 1. The van der Waals surface area contributed by atoms with Crippen LogP contribution in [0.2, 0.25) is 0 Å². The van der Waals surface area contributed by atoms with Crippen LogP contribution in [-0.2, 0) is 0 Å². The molecule has 3 nitrogen and oxygen atoms in total. The molecule has 0 fully saturated rings. The molecular formula is C6H4F4N2O. The van der Waals surface area contributed by atoms with Crippen LogP contribution in [0.3, 0.4) is 0 Å². The lowest BCUT2D eigenvalue weighted by atomic mass is 10.4. The molecule has 1 aromatic rings. The van der Waals surface area contributed by atoms with Crippen LogP contribution in [0.4, 0.5) is 23.4 Å². The summed E-state index contributed by atoms with van der Waals surface area (Å²) in [5, 5.41) is 0. The molecule has 72 valence electrons. The fraction of sp³-hybridized carbons (Fsp3) is 0.167. The van der Waals surface area contributed by atoms with Crippen molar-refractivity contribution in [3.05, 3.63) is 18.1 Å². The maximum atomic E-state index is 12.4. The molecule has 13 heavy (non-hydrogen) atoms. The third kappa shape index (κ3) is 2.77. The second-order valence-electron chi connectivity index (χ2n) is 2.08. The largest absolute Gasteiger partial charge is 0.573 e. The summed E-state index contributed by atoms with van der Waals surface area (Å²) in [5.41, 5.74) is 4.99. The predicted molar refractivity (Wildman–Crippen MR) is 35.3 cm³/mol. The fourth-order valence-electron chi connectivity index (χ4n) is 0.638. The summed E-state index contributed by atoms with van der Waals surface area (Å²) in [6.45, 7) is 0. The van der Waals surface area contributed by atoms with Gasteiger partial charge in [-0.3, -0.25) is 0 Å². The van der Waals surface area contributed by atoms with Crippen molar-refractivity contribution in [3.8, 4) is 5.75 Å². The Bertz CT molecular complexity index is 312. The molecule has 0 unspecified atom stereocenters. The minimum Gasteiger partial charge on any atom is -0.402 e. The lowest BCUT2D eigenvalue weighted by Gasteiger charge is -2.09. The van der Waals surface area contributed by atoms with Gasteiger partial charge in [0.15, 0.2) is 11.6 Å². The molecule has 0 radical (unpaired) electrons. The number of hydrogen-bond donors (Lipinski definition) is 1. The number of aromatic nitrogens is 1. The van der Waals surface area contributed by atoms with Crippen molar-refractivity contribution >= 4 is 5.82 Å². The van der Waals surface area contributed by atoms with Gasteiger partial charge in [0.2, 0.25) is 0 Å². The molecule has 7 heteroatoms. The molecule has 0 aliphatic heterocycles. The standard InChI is InChI=1S/C6H4F4N2O/c7-3-1-4(5(11)12-2-3)13-6(8,9)10/h1-2H,(H2,11,12). The lowest BCUT2D eigenvalue weighted by molar-refractivity contribution is -0.274. The average Bonchev–Trinajstić information content (AvgIpc) is 1.94. The van der Waals surface area contributed by atoms with Gasteiger partial charge in [-0.25, -0.2) is 9.37 Å². The molecule has 0 amide bonds. The Morgan fingerprint density at radius 3 is 2.54 bits per heavy atom. The first-order chi connectivity index (χ1) is 5.88. The van der Waals surface area contributed by atoms with E-state index < -0.39 is 23.7 Å². The van der Waals surface area contributed by atoms with Crippen molar-refractivity contribution in [3.63, 3.8) is 0 Å². The van der Waals surface area contributed by atoms with Crippen molar-refractivity contribution < 1.29 is 22.3 Å². The summed E-state index contributed by atoms with van der Waals surface area (Å²) >= 11 is 0. The topological polar surface area (TPSA) is 48.1 Å². The molecular weight excluding hydrogens is 192 g/mol. The highest BCUT2D eigenvalue weighted by Gasteiger charge is 2.32. The summed E-state index contributed by atoms with van der Waals surface area (Å²) in [6.07, 6.45) is -4.21. The number of halogens is 4. The molecule has 0 saturated heterocycles. The zero-order chi connectivity index (χ0) is 10.1. The Labute approximate surface area is 70.1 Å². The van der Waals surface area contributed by atoms with Crippen molar-refractivity contribution in [2.24, 2.45) is 0 Å². The molecule has 0 atom stereocenters. The molecule has 2 N–H and O–H groups in total. The van der Waals surface area contributed by atoms with Gasteiger partial charge < -0.3 is 10.5 Å². The van der Waals surface area contributed by atoms with Crippen LogP contribution in [0, 0.1) is 5.82 Å². The normalized spacial score (nSPS) is 11.4. The van der Waals surface area contributed by atoms with E-state index in [4.69, 9.17) is 5.73 Å². The smallest absolute Gasteiger partial charge is 0.402 e. The second kappa shape index (κ2) is 3.08. The maximum Gasteiger partial charge on any atom is 0.573 e. The van der Waals surface area contributed by atoms with Crippen molar-refractivity contribution in [1.29, 1.82) is 0 Å². The molecule has 1 heterocycles. The Balaban J connectivity index is 2.94. The Morgan fingerprint density at radius 2 is 2.00 bits per heavy atom. The van der Waals surface area contributed by atoms with Gasteiger partial charge in [-0.1, -0.05) is 0 Å². The minimum atomic E-state index is -4.90. The van der Waals surface area contributed by atoms with E-state index >= 15 is 0 Å². The summed E-state index contributed by atoms with van der Waals surface area (Å²) in [5.74, 6) is -2.31. The molecule has 0 bridgehead atoms. The highest BCUT2D eigenvalue weighted by atomic mass is 19.4. The van der Waals surface area contributed by atoms with Gasteiger partial charge in [0.25, 0.3) is 0 Å². The predicted octanol–water partition coefficient (Wildman–Crippen LogP) is 1.70. The van der Waals surface area contributed by atoms with Crippen LogP contribution in [0.25, 0.3) is 0 Å². The monoisotopic (exact) mass is 196 g/mol. The first-order valence-corrected chi connectivity index (χ1v) is 3.05. The van der Waals surface area contributed by atoms with Gasteiger partial charge in [0.05, 0.1) is 6.20 Å². The van der Waals surface area contributed by atoms with Crippen LogP contribution < -0.4 is 10.5 Å². The van der Waals surface area contributed by atoms with Crippen LogP contribution >= 0.6 is 0 Å². The Morgan fingerprint density at radius 1 is 1.38 bits per heavy atom. The van der Waals surface area contributed by atoms with Gasteiger partial charge in [-0.2, -0.15) is 0 Å². The highest BCUT2D eigenvalue weighted by molar-refractivity contribution is 5.45. The van der Waals surface area contributed by atoms with Gasteiger partial charge in [0, 0.05) is 6.07 Å². The quantitative estimate of drug-likeness (QED) is 0.695. The van der Waals surface area contributed by atoms with Crippen molar-refractivity contribution in [1.82, 2.24) is 4.98 Å².